The third kappa shape index (κ3) is 10.3. The topological polar surface area (TPSA) is 139 Å². The van der Waals surface area contributed by atoms with Gasteiger partial charge >= 0.3 is 0 Å². The summed E-state index contributed by atoms with van der Waals surface area (Å²) in [7, 11) is -4.27. The van der Waals surface area contributed by atoms with E-state index in [2.05, 4.69) is 11.6 Å². The highest BCUT2D eigenvalue weighted by Crippen LogP contribution is 2.30. The Morgan fingerprint density at radius 1 is 0.878 bits per heavy atom. The number of hydrogen-bond donors (Lipinski definition) is 3. The highest BCUT2D eigenvalue weighted by Gasteiger charge is 2.25. The van der Waals surface area contributed by atoms with Crippen LogP contribution in [-0.2, 0) is 10.0 Å². The number of sulfonamides is 1. The van der Waals surface area contributed by atoms with Crippen LogP contribution < -0.4 is 15.2 Å². The maximum atomic E-state index is 13.3. The third-order valence-corrected chi connectivity index (χ3v) is 8.55. The first kappa shape index (κ1) is 33.9. The molecule has 0 bridgehead atoms. The summed E-state index contributed by atoms with van der Waals surface area (Å²) in [5.74, 6) is -1.18. The van der Waals surface area contributed by atoms with Crippen LogP contribution in [0, 0.1) is 6.92 Å². The molecule has 9 nitrogen and oxygen atoms in total. The Morgan fingerprint density at radius 2 is 1.46 bits per heavy atom. The third-order valence-electron chi connectivity index (χ3n) is 7.11. The van der Waals surface area contributed by atoms with E-state index in [-0.39, 0.29) is 27.5 Å². The fraction of sp³-hybridized carbons (Fsp3) is 0.548. The molecule has 0 saturated heterocycles. The number of amides is 2. The van der Waals surface area contributed by atoms with Gasteiger partial charge in [0.15, 0.2) is 0 Å². The number of unbranched alkanes of at least 4 members (excludes halogenated alkanes) is 9. The van der Waals surface area contributed by atoms with Crippen molar-refractivity contribution in [1.82, 2.24) is 4.90 Å². The van der Waals surface area contributed by atoms with Crippen molar-refractivity contribution in [3.05, 3.63) is 47.0 Å². The number of benzene rings is 2. The molecule has 2 amide bonds. The molecule has 0 spiro atoms. The average molecular weight is 590 g/mol. The predicted molar refractivity (Wildman–Crippen MR) is 163 cm³/mol. The van der Waals surface area contributed by atoms with Crippen LogP contribution in [0.25, 0.3) is 0 Å². The summed E-state index contributed by atoms with van der Waals surface area (Å²) < 4.78 is 34.8. The van der Waals surface area contributed by atoms with E-state index in [0.717, 1.165) is 19.3 Å². The summed E-state index contributed by atoms with van der Waals surface area (Å²) >= 11 is 0. The van der Waals surface area contributed by atoms with Gasteiger partial charge in [0, 0.05) is 13.1 Å². The lowest BCUT2D eigenvalue weighted by molar-refractivity contribution is 0.0769. The zero-order valence-electron chi connectivity index (χ0n) is 25.0. The standard InChI is InChI=1S/C31H47N3O6S/c1-5-8-9-10-11-12-13-14-15-16-19-40-25-17-18-28(26(22-25)30(32)36)41(38,39)33-24-20-23(4)29(35)27(21-24)31(37)34(6-2)7-3/h17-18,20-22,33,35H,5-16,19H2,1-4H3,(H2,32,36). The van der Waals surface area contributed by atoms with E-state index in [1.54, 1.807) is 6.92 Å². The zero-order chi connectivity index (χ0) is 30.4. The molecule has 0 atom stereocenters. The minimum Gasteiger partial charge on any atom is -0.507 e. The maximum Gasteiger partial charge on any atom is 0.262 e. The molecule has 0 aliphatic heterocycles. The number of carbonyl (C=O) groups is 2. The second-order valence-corrected chi connectivity index (χ2v) is 12.0. The Balaban J connectivity index is 2.06. The second kappa shape index (κ2) is 16.9. The second-order valence-electron chi connectivity index (χ2n) is 10.3. The predicted octanol–water partition coefficient (Wildman–Crippen LogP) is 6.38. The Bertz CT molecular complexity index is 1260. The molecule has 2 rings (SSSR count). The lowest BCUT2D eigenvalue weighted by Crippen LogP contribution is -2.30. The fourth-order valence-electron chi connectivity index (χ4n) is 4.70. The average Bonchev–Trinajstić information content (AvgIpc) is 2.93. The number of phenols is 1. The van der Waals surface area contributed by atoms with E-state index in [0.29, 0.717) is 31.0 Å². The Hall–Kier alpha value is -3.27. The van der Waals surface area contributed by atoms with Gasteiger partial charge in [-0.25, -0.2) is 8.42 Å². The molecule has 0 unspecified atom stereocenters. The van der Waals surface area contributed by atoms with Crippen molar-refractivity contribution in [1.29, 1.82) is 0 Å². The van der Waals surface area contributed by atoms with Gasteiger partial charge < -0.3 is 20.5 Å². The van der Waals surface area contributed by atoms with E-state index < -0.39 is 21.8 Å². The summed E-state index contributed by atoms with van der Waals surface area (Å²) in [6.45, 7) is 8.73. The van der Waals surface area contributed by atoms with E-state index in [4.69, 9.17) is 10.5 Å². The number of aromatic hydroxyl groups is 1. The molecule has 0 aliphatic carbocycles. The van der Waals surface area contributed by atoms with Gasteiger partial charge in [-0.3, -0.25) is 14.3 Å². The monoisotopic (exact) mass is 589 g/mol. The van der Waals surface area contributed by atoms with E-state index in [1.165, 1.54) is 80.2 Å². The smallest absolute Gasteiger partial charge is 0.262 e. The molecule has 0 fully saturated rings. The molecule has 0 saturated carbocycles. The molecular formula is C31H47N3O6S. The van der Waals surface area contributed by atoms with Crippen molar-refractivity contribution in [2.24, 2.45) is 5.73 Å². The summed E-state index contributed by atoms with van der Waals surface area (Å²) in [5.41, 5.74) is 5.72. The van der Waals surface area contributed by atoms with Crippen LogP contribution in [0.4, 0.5) is 5.69 Å². The summed E-state index contributed by atoms with van der Waals surface area (Å²) in [4.78, 5) is 26.3. The van der Waals surface area contributed by atoms with Gasteiger partial charge in [0.1, 0.15) is 16.4 Å². The number of hydrogen-bond acceptors (Lipinski definition) is 6. The first-order valence-electron chi connectivity index (χ1n) is 14.8. The van der Waals surface area contributed by atoms with Gasteiger partial charge in [-0.1, -0.05) is 64.7 Å². The van der Waals surface area contributed by atoms with Crippen LogP contribution in [0.15, 0.2) is 35.2 Å². The first-order valence-corrected chi connectivity index (χ1v) is 16.3. The largest absolute Gasteiger partial charge is 0.507 e. The number of ether oxygens (including phenoxy) is 1. The van der Waals surface area contributed by atoms with Gasteiger partial charge in [-0.2, -0.15) is 0 Å². The SMILES string of the molecule is CCCCCCCCCCCCOc1ccc(S(=O)(=O)Nc2cc(C)c(O)c(C(=O)N(CC)CC)c2)c(C(N)=O)c1. The number of nitrogens with one attached hydrogen (secondary N) is 1. The Morgan fingerprint density at radius 3 is 2.02 bits per heavy atom. The normalized spacial score (nSPS) is 11.3. The minimum atomic E-state index is -4.27. The van der Waals surface area contributed by atoms with Crippen LogP contribution in [0.1, 0.15) is 111 Å². The number of nitrogens with zero attached hydrogens (tertiary/aromatic N) is 1. The summed E-state index contributed by atoms with van der Waals surface area (Å²) in [6, 6.07) is 6.82. The highest BCUT2D eigenvalue weighted by molar-refractivity contribution is 7.92. The van der Waals surface area contributed by atoms with Crippen LogP contribution >= 0.6 is 0 Å². The molecule has 2 aromatic carbocycles. The number of phenolic OH excluding ortho intramolecular Hbond substituents is 1. The Labute approximate surface area is 245 Å². The number of rotatable bonds is 19. The molecule has 10 heteroatoms. The summed E-state index contributed by atoms with van der Waals surface area (Å²) in [6.07, 6.45) is 12.0. The van der Waals surface area contributed by atoms with Crippen molar-refractivity contribution in [2.45, 2.75) is 96.8 Å². The molecule has 41 heavy (non-hydrogen) atoms. The zero-order valence-corrected chi connectivity index (χ0v) is 25.8. The quantitative estimate of drug-likeness (QED) is 0.128. The van der Waals surface area contributed by atoms with Crippen molar-refractivity contribution in [3.63, 3.8) is 0 Å². The molecule has 228 valence electrons. The molecule has 0 aliphatic rings. The van der Waals surface area contributed by atoms with Crippen molar-refractivity contribution >= 4 is 27.5 Å². The van der Waals surface area contributed by atoms with Crippen LogP contribution in [0.5, 0.6) is 11.5 Å². The van der Waals surface area contributed by atoms with Crippen LogP contribution in [0.2, 0.25) is 0 Å². The summed E-state index contributed by atoms with van der Waals surface area (Å²) in [5, 5.41) is 10.5. The van der Waals surface area contributed by atoms with Gasteiger partial charge in [0.25, 0.3) is 15.9 Å². The van der Waals surface area contributed by atoms with Gasteiger partial charge in [0.05, 0.1) is 23.4 Å². The number of anilines is 1. The lowest BCUT2D eigenvalue weighted by atomic mass is 10.1. The number of primary amides is 1. The van der Waals surface area contributed by atoms with Crippen molar-refractivity contribution in [2.75, 3.05) is 24.4 Å². The minimum absolute atomic E-state index is 0.0164. The number of aryl methyl sites for hydroxylation is 1. The van der Waals surface area contributed by atoms with Crippen LogP contribution in [-0.4, -0.2) is 49.9 Å². The van der Waals surface area contributed by atoms with Gasteiger partial charge in [0.2, 0.25) is 5.91 Å². The van der Waals surface area contributed by atoms with Crippen LogP contribution in [0.3, 0.4) is 0 Å². The van der Waals surface area contributed by atoms with Gasteiger partial charge in [-0.05, 0) is 63.1 Å². The fourth-order valence-corrected chi connectivity index (χ4v) is 5.93. The van der Waals surface area contributed by atoms with Crippen molar-refractivity contribution in [3.8, 4) is 11.5 Å². The van der Waals surface area contributed by atoms with E-state index in [9.17, 15) is 23.1 Å². The highest BCUT2D eigenvalue weighted by atomic mass is 32.2. The molecule has 0 heterocycles. The molecule has 4 N–H and O–H groups in total. The Kier molecular flexibility index (Phi) is 14.0. The van der Waals surface area contributed by atoms with E-state index >= 15 is 0 Å². The number of nitrogens with two attached hydrogens (primary N) is 1. The molecule has 0 aromatic heterocycles. The number of carbonyl (C=O) groups excluding carboxylic acids is 2. The molecule has 2 aromatic rings. The van der Waals surface area contributed by atoms with Gasteiger partial charge in [-0.15, -0.1) is 0 Å². The van der Waals surface area contributed by atoms with E-state index in [1.807, 2.05) is 13.8 Å². The van der Waals surface area contributed by atoms with Crippen molar-refractivity contribution < 1.29 is 27.9 Å². The molecular weight excluding hydrogens is 542 g/mol. The lowest BCUT2D eigenvalue weighted by Gasteiger charge is -2.20. The first-order chi connectivity index (χ1) is 19.5. The molecule has 0 radical (unpaired) electrons. The maximum absolute atomic E-state index is 13.3.